The number of aromatic nitrogens is 2. The van der Waals surface area contributed by atoms with E-state index in [9.17, 15) is 18.7 Å². The SMILES string of the molecule is CC(=O)Nc1cc(F)cc(-c2nc(Nc3ccc(O)c(N4CCOCC4)c3)ncc2F)c1. The molecular formula is C22H21F2N5O3. The minimum atomic E-state index is -0.741. The smallest absolute Gasteiger partial charge is 0.227 e. The summed E-state index contributed by atoms with van der Waals surface area (Å²) in [5.74, 6) is -1.55. The van der Waals surface area contributed by atoms with Gasteiger partial charge in [0.15, 0.2) is 5.82 Å². The molecule has 3 N–H and O–H groups in total. The molecule has 3 aromatic rings. The maximum absolute atomic E-state index is 14.5. The number of benzene rings is 2. The lowest BCUT2D eigenvalue weighted by Crippen LogP contribution is -2.36. The molecular weight excluding hydrogens is 420 g/mol. The van der Waals surface area contributed by atoms with E-state index in [0.29, 0.717) is 37.7 Å². The zero-order valence-electron chi connectivity index (χ0n) is 17.2. The Balaban J connectivity index is 1.63. The third kappa shape index (κ3) is 4.92. The minimum absolute atomic E-state index is 0.0883. The lowest BCUT2D eigenvalue weighted by Gasteiger charge is -2.29. The zero-order chi connectivity index (χ0) is 22.7. The van der Waals surface area contributed by atoms with Crippen LogP contribution in [0.1, 0.15) is 6.92 Å². The van der Waals surface area contributed by atoms with Crippen LogP contribution < -0.4 is 15.5 Å². The Hall–Kier alpha value is -3.79. The highest BCUT2D eigenvalue weighted by Crippen LogP contribution is 2.32. The highest BCUT2D eigenvalue weighted by molar-refractivity contribution is 5.89. The highest BCUT2D eigenvalue weighted by atomic mass is 19.1. The molecule has 0 spiro atoms. The monoisotopic (exact) mass is 441 g/mol. The third-order valence-electron chi connectivity index (χ3n) is 4.82. The van der Waals surface area contributed by atoms with Crippen molar-refractivity contribution in [3.8, 4) is 17.0 Å². The molecule has 1 saturated heterocycles. The molecule has 0 aliphatic carbocycles. The molecule has 32 heavy (non-hydrogen) atoms. The summed E-state index contributed by atoms with van der Waals surface area (Å²) in [6.45, 7) is 3.71. The number of amides is 1. The zero-order valence-corrected chi connectivity index (χ0v) is 17.2. The normalized spacial score (nSPS) is 13.7. The van der Waals surface area contributed by atoms with E-state index in [1.807, 2.05) is 4.90 Å². The maximum Gasteiger partial charge on any atom is 0.227 e. The average Bonchev–Trinajstić information content (AvgIpc) is 2.76. The Bertz CT molecular complexity index is 1150. The molecule has 2 aromatic carbocycles. The van der Waals surface area contributed by atoms with Gasteiger partial charge in [-0.2, -0.15) is 0 Å². The third-order valence-corrected chi connectivity index (χ3v) is 4.82. The number of carbonyl (C=O) groups excluding carboxylic acids is 1. The fourth-order valence-corrected chi connectivity index (χ4v) is 3.42. The number of nitrogens with zero attached hydrogens (tertiary/aromatic N) is 3. The first-order valence-electron chi connectivity index (χ1n) is 9.93. The van der Waals surface area contributed by atoms with Crippen molar-refractivity contribution in [1.29, 1.82) is 0 Å². The molecule has 2 heterocycles. The minimum Gasteiger partial charge on any atom is -0.506 e. The lowest BCUT2D eigenvalue weighted by molar-refractivity contribution is -0.114. The summed E-state index contributed by atoms with van der Waals surface area (Å²) in [7, 11) is 0. The molecule has 4 rings (SSSR count). The van der Waals surface area contributed by atoms with Crippen LogP contribution in [0.4, 0.5) is 31.8 Å². The first-order chi connectivity index (χ1) is 15.4. The van der Waals surface area contributed by atoms with E-state index in [0.717, 1.165) is 18.3 Å². The van der Waals surface area contributed by atoms with Crippen molar-refractivity contribution in [3.05, 3.63) is 54.2 Å². The predicted octanol–water partition coefficient (Wildman–Crippen LogP) is 3.67. The number of hydrogen-bond donors (Lipinski definition) is 3. The van der Waals surface area contributed by atoms with Gasteiger partial charge in [-0.05, 0) is 36.4 Å². The molecule has 0 radical (unpaired) electrons. The number of ether oxygens (including phenoxy) is 1. The van der Waals surface area contributed by atoms with E-state index in [-0.39, 0.29) is 34.5 Å². The molecule has 1 aliphatic rings. The van der Waals surface area contributed by atoms with E-state index in [2.05, 4.69) is 20.6 Å². The number of halogens is 2. The lowest BCUT2D eigenvalue weighted by atomic mass is 10.1. The van der Waals surface area contributed by atoms with Gasteiger partial charge in [0.1, 0.15) is 17.3 Å². The van der Waals surface area contributed by atoms with Gasteiger partial charge in [-0.25, -0.2) is 18.7 Å². The van der Waals surface area contributed by atoms with Crippen LogP contribution in [-0.2, 0) is 9.53 Å². The van der Waals surface area contributed by atoms with Crippen LogP contribution in [0.3, 0.4) is 0 Å². The van der Waals surface area contributed by atoms with Crippen molar-refractivity contribution < 1.29 is 23.4 Å². The molecule has 0 saturated carbocycles. The second-order valence-corrected chi connectivity index (χ2v) is 7.23. The van der Waals surface area contributed by atoms with Crippen molar-refractivity contribution in [2.75, 3.05) is 41.8 Å². The number of phenolic OH excluding ortho intramolecular Hbond substituents is 1. The van der Waals surface area contributed by atoms with Gasteiger partial charge < -0.3 is 25.4 Å². The summed E-state index contributed by atoms with van der Waals surface area (Å²) >= 11 is 0. The second kappa shape index (κ2) is 9.15. The fraction of sp³-hybridized carbons (Fsp3) is 0.227. The van der Waals surface area contributed by atoms with E-state index in [1.165, 1.54) is 13.0 Å². The van der Waals surface area contributed by atoms with Gasteiger partial charge in [0, 0.05) is 37.0 Å². The van der Waals surface area contributed by atoms with Crippen LogP contribution in [0.15, 0.2) is 42.6 Å². The number of nitrogens with one attached hydrogen (secondary N) is 2. The van der Waals surface area contributed by atoms with Crippen LogP contribution >= 0.6 is 0 Å². The molecule has 1 aromatic heterocycles. The molecule has 1 fully saturated rings. The van der Waals surface area contributed by atoms with Crippen LogP contribution in [0.5, 0.6) is 5.75 Å². The molecule has 10 heteroatoms. The van der Waals surface area contributed by atoms with E-state index in [1.54, 1.807) is 18.2 Å². The number of phenols is 1. The fourth-order valence-electron chi connectivity index (χ4n) is 3.42. The van der Waals surface area contributed by atoms with Crippen LogP contribution in [0.25, 0.3) is 11.3 Å². The number of hydrogen-bond acceptors (Lipinski definition) is 7. The molecule has 1 amide bonds. The van der Waals surface area contributed by atoms with E-state index in [4.69, 9.17) is 4.74 Å². The topological polar surface area (TPSA) is 99.6 Å². The highest BCUT2D eigenvalue weighted by Gasteiger charge is 2.17. The number of carbonyl (C=O) groups is 1. The molecule has 1 aliphatic heterocycles. The van der Waals surface area contributed by atoms with Crippen molar-refractivity contribution >= 4 is 28.9 Å². The van der Waals surface area contributed by atoms with Gasteiger partial charge in [-0.15, -0.1) is 0 Å². The molecule has 166 valence electrons. The van der Waals surface area contributed by atoms with Crippen molar-refractivity contribution in [3.63, 3.8) is 0 Å². The summed E-state index contributed by atoms with van der Waals surface area (Å²) in [5, 5.41) is 15.7. The first-order valence-corrected chi connectivity index (χ1v) is 9.93. The number of morpholine rings is 1. The molecule has 8 nitrogen and oxygen atoms in total. The van der Waals surface area contributed by atoms with Gasteiger partial charge >= 0.3 is 0 Å². The summed E-state index contributed by atoms with van der Waals surface area (Å²) in [5.41, 5.74) is 1.43. The van der Waals surface area contributed by atoms with Crippen LogP contribution in [0.2, 0.25) is 0 Å². The largest absolute Gasteiger partial charge is 0.506 e. The van der Waals surface area contributed by atoms with Crippen molar-refractivity contribution in [2.24, 2.45) is 0 Å². The Morgan fingerprint density at radius 2 is 1.91 bits per heavy atom. The van der Waals surface area contributed by atoms with Gasteiger partial charge in [0.25, 0.3) is 0 Å². The summed E-state index contributed by atoms with van der Waals surface area (Å²) in [6, 6.07) is 8.61. The van der Waals surface area contributed by atoms with Gasteiger partial charge in [0.05, 0.1) is 25.1 Å². The van der Waals surface area contributed by atoms with Gasteiger partial charge in [-0.3, -0.25) is 4.79 Å². The Morgan fingerprint density at radius 1 is 1.12 bits per heavy atom. The first kappa shape index (κ1) is 21.4. The van der Waals surface area contributed by atoms with Crippen LogP contribution in [0, 0.1) is 11.6 Å². The Morgan fingerprint density at radius 3 is 2.66 bits per heavy atom. The van der Waals surface area contributed by atoms with Gasteiger partial charge in [0.2, 0.25) is 11.9 Å². The molecule has 0 unspecified atom stereocenters. The van der Waals surface area contributed by atoms with Crippen molar-refractivity contribution in [2.45, 2.75) is 6.92 Å². The molecule has 0 bridgehead atoms. The summed E-state index contributed by atoms with van der Waals surface area (Å²) in [4.78, 5) is 21.4. The van der Waals surface area contributed by atoms with Crippen LogP contribution in [-0.4, -0.2) is 47.3 Å². The number of anilines is 4. The Kier molecular flexibility index (Phi) is 6.13. The Labute approximate surface area is 182 Å². The number of rotatable bonds is 5. The average molecular weight is 441 g/mol. The predicted molar refractivity (Wildman–Crippen MR) is 116 cm³/mol. The quantitative estimate of drug-likeness (QED) is 0.520. The van der Waals surface area contributed by atoms with Gasteiger partial charge in [-0.1, -0.05) is 0 Å². The maximum atomic E-state index is 14.5. The van der Waals surface area contributed by atoms with E-state index >= 15 is 0 Å². The molecule has 0 atom stereocenters. The summed E-state index contributed by atoms with van der Waals surface area (Å²) in [6.07, 6.45) is 0.983. The van der Waals surface area contributed by atoms with E-state index < -0.39 is 11.6 Å². The number of aromatic hydroxyl groups is 1. The van der Waals surface area contributed by atoms with Crippen molar-refractivity contribution in [1.82, 2.24) is 9.97 Å². The second-order valence-electron chi connectivity index (χ2n) is 7.23. The standard InChI is InChI=1S/C22H21F2N5O3/c1-13(30)26-17-9-14(8-15(23)10-17)21-18(24)12-25-22(28-21)27-16-2-3-20(31)19(11-16)29-4-6-32-7-5-29/h2-3,8-12,31H,4-7H2,1H3,(H,26,30)(H,25,27,28). The summed E-state index contributed by atoms with van der Waals surface area (Å²) < 4.78 is 33.8.